The van der Waals surface area contributed by atoms with Crippen molar-refractivity contribution in [2.45, 2.75) is 6.16 Å². The molecule has 0 aliphatic heterocycles. The van der Waals surface area contributed by atoms with Gasteiger partial charge in [0.2, 0.25) is 0 Å². The molecule has 1 aromatic carbocycles. The second-order valence-electron chi connectivity index (χ2n) is 2.68. The summed E-state index contributed by atoms with van der Waals surface area (Å²) in [6.07, 6.45) is -0.160. The summed E-state index contributed by atoms with van der Waals surface area (Å²) in [4.78, 5) is 27.3. The van der Waals surface area contributed by atoms with Gasteiger partial charge in [-0.2, -0.15) is 0 Å². The number of benzene rings is 1. The molecule has 0 aromatic heterocycles. The Morgan fingerprint density at radius 3 is 2.00 bits per heavy atom. The topological polar surface area (TPSA) is 60.7 Å². The summed E-state index contributed by atoms with van der Waals surface area (Å²) in [5, 5.41) is 0. The van der Waals surface area contributed by atoms with E-state index in [2.05, 4.69) is 15.5 Å². The molecular weight excluding hydrogens is 243 g/mol. The molecule has 0 saturated carbocycles. The molecule has 68 valence electrons. The van der Waals surface area contributed by atoms with Gasteiger partial charge in [0.05, 0.1) is 0 Å². The van der Waals surface area contributed by atoms with Crippen LogP contribution in [0.5, 0.6) is 0 Å². The van der Waals surface area contributed by atoms with Crippen LogP contribution in [0.3, 0.4) is 0 Å². The predicted octanol–water partition coefficient (Wildman–Crippen LogP) is 1.77. The Labute approximate surface area is 78.6 Å². The molecule has 0 bridgehead atoms. The van der Waals surface area contributed by atoms with E-state index in [1.807, 2.05) is 6.07 Å². The molecule has 12 heavy (non-hydrogen) atoms. The van der Waals surface area contributed by atoms with E-state index in [1.165, 1.54) is 0 Å². The molecule has 0 radical (unpaired) electrons. The Bertz CT molecular complexity index is 258. The Balaban J connectivity index is 2.79. The van der Waals surface area contributed by atoms with Crippen molar-refractivity contribution in [2.75, 3.05) is 0 Å². The van der Waals surface area contributed by atoms with Crippen molar-refractivity contribution in [2.24, 2.45) is 0 Å². The summed E-state index contributed by atoms with van der Waals surface area (Å²) in [5.41, 5.74) is 0.680. The molecule has 0 saturated heterocycles. The third-order valence-electron chi connectivity index (χ3n) is 1.30. The first-order chi connectivity index (χ1) is 5.33. The number of halogens is 1. The molecule has 0 heterocycles. The van der Waals surface area contributed by atoms with E-state index in [0.29, 0.717) is 5.56 Å². The molecular formula is C7H10BrO3P. The zero-order valence-electron chi connectivity index (χ0n) is 6.26. The van der Waals surface area contributed by atoms with Crippen LogP contribution in [0.2, 0.25) is 0 Å². The predicted molar refractivity (Wildman–Crippen MR) is 52.6 cm³/mol. The molecule has 0 spiro atoms. The van der Waals surface area contributed by atoms with E-state index in [-0.39, 0.29) is 6.16 Å². The van der Waals surface area contributed by atoms with E-state index in [4.69, 9.17) is 14.7 Å². The molecule has 0 aliphatic rings. The molecule has 5 heteroatoms. The maximum absolute atomic E-state index is 9.09. The minimum atomic E-state index is -4.54. The third-order valence-corrected chi connectivity index (χ3v) is 2.96. The summed E-state index contributed by atoms with van der Waals surface area (Å²) in [6.45, 7) is 0. The van der Waals surface area contributed by atoms with E-state index < -0.39 is 5.99 Å². The van der Waals surface area contributed by atoms with Crippen LogP contribution >= 0.6 is 21.5 Å². The summed E-state index contributed by atoms with van der Waals surface area (Å²) in [6, 6.07) is 8.78. The fraction of sp³-hybridized carbons (Fsp3) is 0.143. The second kappa shape index (κ2) is 3.05. The second-order valence-corrected chi connectivity index (χ2v) is 9.44. The van der Waals surface area contributed by atoms with E-state index in [0.717, 1.165) is 0 Å². The molecule has 0 fully saturated rings. The number of rotatable bonds is 2. The van der Waals surface area contributed by atoms with Gasteiger partial charge in [-0.3, -0.25) is 0 Å². The van der Waals surface area contributed by atoms with Crippen molar-refractivity contribution in [1.82, 2.24) is 0 Å². The number of hydrogen-bond acceptors (Lipinski definition) is 3. The van der Waals surface area contributed by atoms with Gasteiger partial charge in [-0.25, -0.2) is 0 Å². The Morgan fingerprint density at radius 2 is 1.58 bits per heavy atom. The molecule has 1 aromatic rings. The zero-order valence-corrected chi connectivity index (χ0v) is 8.74. The average molecular weight is 253 g/mol. The SMILES string of the molecule is OP(O)(O)(Br)Cc1ccccc1. The van der Waals surface area contributed by atoms with Crippen LogP contribution in [0.15, 0.2) is 30.3 Å². The van der Waals surface area contributed by atoms with Gasteiger partial charge in [-0.1, -0.05) is 0 Å². The van der Waals surface area contributed by atoms with Crippen molar-refractivity contribution < 1.29 is 14.7 Å². The van der Waals surface area contributed by atoms with Gasteiger partial charge in [0.25, 0.3) is 0 Å². The average Bonchev–Trinajstić information content (AvgIpc) is 1.83. The van der Waals surface area contributed by atoms with Gasteiger partial charge in [0.15, 0.2) is 0 Å². The number of hydrogen-bond donors (Lipinski definition) is 3. The van der Waals surface area contributed by atoms with Crippen LogP contribution in [0.25, 0.3) is 0 Å². The third kappa shape index (κ3) is 4.14. The van der Waals surface area contributed by atoms with Gasteiger partial charge in [0, 0.05) is 0 Å². The summed E-state index contributed by atoms with van der Waals surface area (Å²) in [7, 11) is 0. The fourth-order valence-corrected chi connectivity index (χ4v) is 2.60. The van der Waals surface area contributed by atoms with Gasteiger partial charge >= 0.3 is 78.2 Å². The van der Waals surface area contributed by atoms with Crippen LogP contribution in [0.1, 0.15) is 5.56 Å². The monoisotopic (exact) mass is 252 g/mol. The fourth-order valence-electron chi connectivity index (χ4n) is 0.897. The van der Waals surface area contributed by atoms with Crippen molar-refractivity contribution in [3.05, 3.63) is 35.9 Å². The van der Waals surface area contributed by atoms with Crippen molar-refractivity contribution in [3.63, 3.8) is 0 Å². The van der Waals surface area contributed by atoms with Crippen LogP contribution in [-0.2, 0) is 6.16 Å². The van der Waals surface area contributed by atoms with Crippen molar-refractivity contribution >= 4 is 21.5 Å². The van der Waals surface area contributed by atoms with Crippen LogP contribution in [0.4, 0.5) is 0 Å². The van der Waals surface area contributed by atoms with E-state index in [1.54, 1.807) is 24.3 Å². The Morgan fingerprint density at radius 1 is 1.08 bits per heavy atom. The summed E-state index contributed by atoms with van der Waals surface area (Å²) < 4.78 is 0. The van der Waals surface area contributed by atoms with Gasteiger partial charge in [0.1, 0.15) is 0 Å². The summed E-state index contributed by atoms with van der Waals surface area (Å²) >= 11 is 2.52. The first-order valence-electron chi connectivity index (χ1n) is 3.35. The van der Waals surface area contributed by atoms with Gasteiger partial charge < -0.3 is 0 Å². The molecule has 0 aliphatic carbocycles. The van der Waals surface area contributed by atoms with Crippen LogP contribution in [-0.4, -0.2) is 14.7 Å². The van der Waals surface area contributed by atoms with Crippen molar-refractivity contribution in [1.29, 1.82) is 0 Å². The standard InChI is InChI=1S/C7H10BrO3P/c8-12(9,10,11)6-7-4-2-1-3-5-7/h1-5,9-11H,6H2. The van der Waals surface area contributed by atoms with Gasteiger partial charge in [-0.05, 0) is 0 Å². The van der Waals surface area contributed by atoms with Crippen LogP contribution < -0.4 is 0 Å². The molecule has 1 rings (SSSR count). The minimum absolute atomic E-state index is 0.160. The van der Waals surface area contributed by atoms with Crippen LogP contribution in [0, 0.1) is 0 Å². The first-order valence-corrected chi connectivity index (χ1v) is 7.65. The quantitative estimate of drug-likeness (QED) is 0.704. The van der Waals surface area contributed by atoms with Crippen molar-refractivity contribution in [3.8, 4) is 0 Å². The van der Waals surface area contributed by atoms with E-state index >= 15 is 0 Å². The molecule has 3 nitrogen and oxygen atoms in total. The maximum atomic E-state index is 9.09. The normalized spacial score (nSPS) is 15.2. The Kier molecular flexibility index (Phi) is 2.57. The molecule has 0 amide bonds. The summed E-state index contributed by atoms with van der Waals surface area (Å²) in [5.74, 6) is -4.54. The van der Waals surface area contributed by atoms with E-state index in [9.17, 15) is 0 Å². The zero-order chi connectivity index (χ0) is 9.27. The molecule has 0 unspecified atom stereocenters. The molecule has 0 atom stereocenters. The first kappa shape index (κ1) is 10.1. The van der Waals surface area contributed by atoms with Gasteiger partial charge in [-0.15, -0.1) is 0 Å². The molecule has 3 N–H and O–H groups in total. The Hall–Kier alpha value is 0.0100.